The number of Topliss-reactive ketones (excluding diaryl/α,β-unsaturated/α-hetero) is 1. The Balaban J connectivity index is 3.35. The topological polar surface area (TPSA) is 106 Å². The third-order valence-electron chi connectivity index (χ3n) is 11.1. The van der Waals surface area contributed by atoms with Gasteiger partial charge in [-0.15, -0.1) is 23.7 Å². The molecule has 0 unspecified atom stereocenters. The van der Waals surface area contributed by atoms with E-state index in [0.29, 0.717) is 5.69 Å². The Bertz CT molecular complexity index is 1410. The van der Waals surface area contributed by atoms with Crippen molar-refractivity contribution in [3.63, 3.8) is 0 Å². The quantitative estimate of drug-likeness (QED) is 0.0773. The van der Waals surface area contributed by atoms with Crippen LogP contribution in [0.15, 0.2) is 22.9 Å². The molecule has 1 aromatic heterocycles. The molecule has 1 rings (SSSR count). The third-order valence-corrected chi connectivity index (χ3v) is 20.8. The van der Waals surface area contributed by atoms with E-state index in [1.165, 1.54) is 17.4 Å². The van der Waals surface area contributed by atoms with Gasteiger partial charge in [-0.3, -0.25) is 9.59 Å². The number of carboxylic acid groups (broad SMARTS) is 1. The highest BCUT2D eigenvalue weighted by Crippen LogP contribution is 2.44. The summed E-state index contributed by atoms with van der Waals surface area (Å²) >= 11 is 1.43. The summed E-state index contributed by atoms with van der Waals surface area (Å²) < 4.78 is 28.4. The van der Waals surface area contributed by atoms with Gasteiger partial charge in [-0.05, 0) is 87.8 Å². The lowest BCUT2D eigenvalue weighted by molar-refractivity contribution is -0.146. The second-order valence-corrected chi connectivity index (χ2v) is 28.5. The number of aliphatic hydroxyl groups is 1. The Labute approximate surface area is 315 Å². The number of rotatable bonds is 20. The van der Waals surface area contributed by atoms with Crippen molar-refractivity contribution in [3.8, 4) is 12.3 Å². The van der Waals surface area contributed by atoms with Crippen molar-refractivity contribution in [2.45, 2.75) is 169 Å². The minimum atomic E-state index is -2.45. The highest BCUT2D eigenvalue weighted by molar-refractivity contribution is 7.09. The second-order valence-electron chi connectivity index (χ2n) is 17.9. The molecule has 0 amide bonds. The Hall–Kier alpha value is -1.95. The fourth-order valence-corrected chi connectivity index (χ4v) is 8.89. The molecule has 0 spiro atoms. The predicted octanol–water partition coefficient (Wildman–Crippen LogP) is 10.8. The van der Waals surface area contributed by atoms with Gasteiger partial charge in [-0.2, -0.15) is 0 Å². The van der Waals surface area contributed by atoms with Crippen LogP contribution in [0.3, 0.4) is 0 Å². The normalized spacial score (nSPS) is 17.0. The minimum Gasteiger partial charge on any atom is -0.481 e. The number of thiazole rings is 1. The van der Waals surface area contributed by atoms with Crippen LogP contribution in [0.5, 0.6) is 0 Å². The molecule has 0 aliphatic carbocycles. The number of carboxylic acids is 1. The van der Waals surface area contributed by atoms with Gasteiger partial charge in [0.25, 0.3) is 0 Å². The molecule has 1 heterocycles. The van der Waals surface area contributed by atoms with Crippen LogP contribution in [0.1, 0.15) is 118 Å². The van der Waals surface area contributed by atoms with Crippen LogP contribution in [0.25, 0.3) is 6.08 Å². The van der Waals surface area contributed by atoms with Gasteiger partial charge in [-0.1, -0.05) is 74.0 Å². The first-order valence-electron chi connectivity index (χ1n) is 18.3. The molecule has 0 bridgehead atoms. The number of terminal acetylenes is 1. The van der Waals surface area contributed by atoms with Gasteiger partial charge in [0.2, 0.25) is 0 Å². The molecule has 0 saturated carbocycles. The molecule has 2 N–H and O–H groups in total. The number of hydrogen-bond donors (Lipinski definition) is 2. The lowest BCUT2D eigenvalue weighted by Crippen LogP contribution is -2.55. The maximum Gasteiger partial charge on any atom is 0.305 e. The number of aliphatic carboxylic acids is 1. The number of ketones is 1. The SMILES string of the molecule is C#CC[C@@H](C(=O)C(C)(C)[C@H](CC(=O)O)O[Si](C)(C)C(C)(C)C)[C@@H](O[Si](C)(C)C(C)(C)C)[C@@H](C)CCC/C(C)=C/C[C@H](O)/C(F)=C/c1csc(C)n1. The van der Waals surface area contributed by atoms with Gasteiger partial charge in [0.1, 0.15) is 17.7 Å². The summed E-state index contributed by atoms with van der Waals surface area (Å²) in [5.41, 5.74) is 0.396. The number of hydrogen-bond acceptors (Lipinski definition) is 7. The third kappa shape index (κ3) is 14.1. The van der Waals surface area contributed by atoms with E-state index >= 15 is 0 Å². The van der Waals surface area contributed by atoms with E-state index in [0.717, 1.165) is 29.8 Å². The van der Waals surface area contributed by atoms with Crippen LogP contribution in [0.2, 0.25) is 36.3 Å². The van der Waals surface area contributed by atoms with E-state index in [1.54, 1.807) is 19.2 Å². The van der Waals surface area contributed by atoms with E-state index in [2.05, 4.69) is 85.6 Å². The monoisotopic (exact) mass is 765 g/mol. The van der Waals surface area contributed by atoms with Gasteiger partial charge in [-0.25, -0.2) is 9.37 Å². The smallest absolute Gasteiger partial charge is 0.305 e. The van der Waals surface area contributed by atoms with Crippen LogP contribution in [0, 0.1) is 36.5 Å². The van der Waals surface area contributed by atoms with Gasteiger partial charge in [0.05, 0.1) is 35.2 Å². The molecule has 51 heavy (non-hydrogen) atoms. The van der Waals surface area contributed by atoms with Crippen molar-refractivity contribution in [2.75, 3.05) is 0 Å². The molecule has 0 radical (unpaired) electrons. The summed E-state index contributed by atoms with van der Waals surface area (Å²) in [6, 6.07) is 0. The number of aliphatic hydroxyl groups excluding tert-OH is 1. The zero-order chi connectivity index (χ0) is 39.8. The predicted molar refractivity (Wildman–Crippen MR) is 215 cm³/mol. The molecular weight excluding hydrogens is 698 g/mol. The first-order valence-corrected chi connectivity index (χ1v) is 24.9. The maximum absolute atomic E-state index is 14.8. The highest BCUT2D eigenvalue weighted by atomic mass is 32.1. The zero-order valence-corrected chi connectivity index (χ0v) is 37.0. The highest BCUT2D eigenvalue weighted by Gasteiger charge is 2.50. The van der Waals surface area contributed by atoms with Gasteiger partial charge >= 0.3 is 5.97 Å². The molecule has 0 aliphatic rings. The number of halogens is 1. The van der Waals surface area contributed by atoms with E-state index in [1.807, 2.05) is 19.9 Å². The molecule has 0 saturated heterocycles. The molecule has 5 atom stereocenters. The van der Waals surface area contributed by atoms with Crippen molar-refractivity contribution in [1.82, 2.24) is 4.98 Å². The summed E-state index contributed by atoms with van der Waals surface area (Å²) in [4.78, 5) is 31.2. The number of carbonyl (C=O) groups excluding carboxylic acids is 1. The second kappa shape index (κ2) is 18.9. The molecule has 0 fully saturated rings. The molecule has 7 nitrogen and oxygen atoms in total. The van der Waals surface area contributed by atoms with Crippen LogP contribution in [-0.2, 0) is 18.4 Å². The maximum atomic E-state index is 14.8. The van der Waals surface area contributed by atoms with Gasteiger partial charge in [0.15, 0.2) is 16.6 Å². The van der Waals surface area contributed by atoms with Gasteiger partial charge < -0.3 is 19.1 Å². The number of carbonyl (C=O) groups is 2. The average Bonchev–Trinajstić information content (AvgIpc) is 3.39. The van der Waals surface area contributed by atoms with E-state index in [9.17, 15) is 24.2 Å². The first-order chi connectivity index (χ1) is 23.1. The Kier molecular flexibility index (Phi) is 17.4. The summed E-state index contributed by atoms with van der Waals surface area (Å²) in [6.45, 7) is 30.8. The fourth-order valence-electron chi connectivity index (χ4n) is 5.45. The van der Waals surface area contributed by atoms with E-state index < -0.39 is 58.1 Å². The average molecular weight is 766 g/mol. The Morgan fingerprint density at radius 3 is 2.08 bits per heavy atom. The molecular formula is C40H68FNO6SSi2. The summed E-state index contributed by atoms with van der Waals surface area (Å²) in [6.07, 6.45) is 8.86. The lowest BCUT2D eigenvalue weighted by atomic mass is 9.71. The standard InChI is InChI=1S/C40H68FNO6SSi2/c1-17-19-31(37(46)40(11,12)34(25-35(44)45)47-50(13,14)38(5,6)7)36(48-51(15,16)39(8,9)10)28(3)21-18-20-27(2)22-23-33(43)32(41)24-30-26-49-29(4)42-30/h1,22,24,26,28,31,33-34,36,43H,18-21,23,25H2,2-16H3,(H,44,45)/b27-22+,32-24-/t28-,31+,33-,34-,36-/m0/s1. The van der Waals surface area contributed by atoms with E-state index in [-0.39, 0.29) is 41.0 Å². The van der Waals surface area contributed by atoms with Crippen molar-refractivity contribution in [3.05, 3.63) is 33.6 Å². The number of aryl methyl sites for hydroxylation is 1. The van der Waals surface area contributed by atoms with Gasteiger partial charge in [0, 0.05) is 17.2 Å². The minimum absolute atomic E-state index is 0.0446. The Morgan fingerprint density at radius 2 is 1.61 bits per heavy atom. The molecule has 0 aliphatic heterocycles. The van der Waals surface area contributed by atoms with Crippen LogP contribution in [-0.4, -0.2) is 61.9 Å². The lowest BCUT2D eigenvalue weighted by Gasteiger charge is -2.46. The number of aromatic nitrogens is 1. The molecule has 1 aromatic rings. The summed E-state index contributed by atoms with van der Waals surface area (Å²) in [7, 11) is -4.84. The Morgan fingerprint density at radius 1 is 1.06 bits per heavy atom. The number of allylic oxidation sites excluding steroid dienone is 1. The van der Waals surface area contributed by atoms with Crippen molar-refractivity contribution >= 4 is 45.8 Å². The van der Waals surface area contributed by atoms with Crippen LogP contribution in [0.4, 0.5) is 4.39 Å². The largest absolute Gasteiger partial charge is 0.481 e. The summed E-state index contributed by atoms with van der Waals surface area (Å²) in [5.74, 6) is 0.295. The van der Waals surface area contributed by atoms with Crippen molar-refractivity contribution in [1.29, 1.82) is 0 Å². The van der Waals surface area contributed by atoms with Crippen molar-refractivity contribution < 1.29 is 33.0 Å². The van der Waals surface area contributed by atoms with Crippen LogP contribution < -0.4 is 0 Å². The zero-order valence-electron chi connectivity index (χ0n) is 34.2. The van der Waals surface area contributed by atoms with Crippen molar-refractivity contribution in [2.24, 2.45) is 17.3 Å². The van der Waals surface area contributed by atoms with Crippen LogP contribution >= 0.6 is 11.3 Å². The molecule has 290 valence electrons. The fraction of sp³-hybridized carbons (Fsp3) is 0.725. The molecule has 11 heteroatoms. The number of nitrogens with zero attached hydrogens (tertiary/aromatic N) is 1. The first kappa shape index (κ1) is 47.1. The molecule has 0 aromatic carbocycles. The van der Waals surface area contributed by atoms with E-state index in [4.69, 9.17) is 15.3 Å². The summed E-state index contributed by atoms with van der Waals surface area (Å²) in [5, 5.41) is 22.6.